The second kappa shape index (κ2) is 3.92. The van der Waals surface area contributed by atoms with E-state index in [0.717, 1.165) is 0 Å². The molecule has 0 fully saturated rings. The molecule has 3 heteroatoms. The van der Waals surface area contributed by atoms with Crippen molar-refractivity contribution >= 4 is 14.8 Å². The van der Waals surface area contributed by atoms with Crippen molar-refractivity contribution in [2.45, 2.75) is 25.0 Å². The molecule has 0 aliphatic heterocycles. The third-order valence-electron chi connectivity index (χ3n) is 1.75. The van der Waals surface area contributed by atoms with E-state index < -0.39 is 14.8 Å². The summed E-state index contributed by atoms with van der Waals surface area (Å²) in [6.45, 7) is 7.03. The fourth-order valence-electron chi connectivity index (χ4n) is 2.01. The van der Waals surface area contributed by atoms with Crippen LogP contribution in [0.1, 0.15) is 20.8 Å². The van der Waals surface area contributed by atoms with Crippen LogP contribution in [0.2, 0.25) is 4.25 Å². The Morgan fingerprint density at radius 3 is 1.09 bits per heavy atom. The molecular formula is C8H22GeN2. The molecule has 0 aliphatic rings. The summed E-state index contributed by atoms with van der Waals surface area (Å²) in [5, 5.41) is 0. The van der Waals surface area contributed by atoms with E-state index in [4.69, 9.17) is 0 Å². The second-order valence-electron chi connectivity index (χ2n) is 4.67. The molecule has 0 amide bonds. The number of hydrogen-bond acceptors (Lipinski definition) is 2. The number of rotatable bonds is 2. The molecule has 0 aliphatic carbocycles. The van der Waals surface area contributed by atoms with Crippen LogP contribution in [0.15, 0.2) is 0 Å². The molecule has 11 heavy (non-hydrogen) atoms. The van der Waals surface area contributed by atoms with Crippen molar-refractivity contribution < 1.29 is 0 Å². The molecule has 0 saturated heterocycles. The average Bonchev–Trinajstić information content (AvgIpc) is 1.54. The van der Waals surface area contributed by atoms with Crippen molar-refractivity contribution in [3.63, 3.8) is 0 Å². The molecule has 0 heterocycles. The maximum atomic E-state index is 2.44. The molecule has 0 spiro atoms. The van der Waals surface area contributed by atoms with Gasteiger partial charge in [-0.2, -0.15) is 0 Å². The van der Waals surface area contributed by atoms with Gasteiger partial charge >= 0.3 is 75.7 Å². The molecule has 0 atom stereocenters. The summed E-state index contributed by atoms with van der Waals surface area (Å²) >= 11 is -1.39. The van der Waals surface area contributed by atoms with Gasteiger partial charge in [-0.25, -0.2) is 0 Å². The predicted molar refractivity (Wildman–Crippen MR) is 54.2 cm³/mol. The first-order valence-electron chi connectivity index (χ1n) is 4.09. The first-order chi connectivity index (χ1) is 4.76. The summed E-state index contributed by atoms with van der Waals surface area (Å²) in [5.74, 6) is 0. The molecule has 0 aromatic carbocycles. The standard InChI is InChI=1S/C8H22GeN2/c1-8(2,3)9(10(4)5)11(6)7/h9H,1-7H3. The molecule has 0 rings (SSSR count). The van der Waals surface area contributed by atoms with Gasteiger partial charge in [0.2, 0.25) is 0 Å². The molecule has 0 aromatic heterocycles. The fraction of sp³-hybridized carbons (Fsp3) is 1.00. The van der Waals surface area contributed by atoms with E-state index in [-0.39, 0.29) is 0 Å². The van der Waals surface area contributed by atoms with Crippen LogP contribution in [0.3, 0.4) is 0 Å². The average molecular weight is 219 g/mol. The third kappa shape index (κ3) is 3.58. The van der Waals surface area contributed by atoms with Gasteiger partial charge in [0.25, 0.3) is 0 Å². The van der Waals surface area contributed by atoms with E-state index in [9.17, 15) is 0 Å². The zero-order chi connectivity index (χ0) is 9.23. The van der Waals surface area contributed by atoms with Gasteiger partial charge in [0.15, 0.2) is 0 Å². The fourth-order valence-corrected chi connectivity index (χ4v) is 10.4. The van der Waals surface area contributed by atoms with Crippen molar-refractivity contribution in [1.29, 1.82) is 0 Å². The van der Waals surface area contributed by atoms with Gasteiger partial charge in [0.1, 0.15) is 0 Å². The molecule has 0 aromatic rings. The van der Waals surface area contributed by atoms with E-state index in [0.29, 0.717) is 4.25 Å². The Morgan fingerprint density at radius 1 is 0.818 bits per heavy atom. The van der Waals surface area contributed by atoms with Gasteiger partial charge in [-0.15, -0.1) is 0 Å². The molecule has 2 nitrogen and oxygen atoms in total. The van der Waals surface area contributed by atoms with E-state index in [1.165, 1.54) is 0 Å². The summed E-state index contributed by atoms with van der Waals surface area (Å²) in [6.07, 6.45) is 0. The SMILES string of the molecule is C[N](C)[GeH]([N](C)C)[C](C)(C)C. The van der Waals surface area contributed by atoms with Crippen LogP contribution >= 0.6 is 0 Å². The Hall–Kier alpha value is 0.463. The summed E-state index contributed by atoms with van der Waals surface area (Å²) in [7, 11) is 8.82. The van der Waals surface area contributed by atoms with Crippen LogP contribution in [0.4, 0.5) is 0 Å². The predicted octanol–water partition coefficient (Wildman–Crippen LogP) is 1.13. The van der Waals surface area contributed by atoms with Crippen LogP contribution in [0.25, 0.3) is 0 Å². The van der Waals surface area contributed by atoms with E-state index >= 15 is 0 Å². The van der Waals surface area contributed by atoms with Crippen molar-refractivity contribution in [3.8, 4) is 0 Å². The zero-order valence-electron chi connectivity index (χ0n) is 8.97. The van der Waals surface area contributed by atoms with Crippen molar-refractivity contribution in [2.75, 3.05) is 28.2 Å². The van der Waals surface area contributed by atoms with Crippen LogP contribution in [-0.2, 0) is 0 Å². The van der Waals surface area contributed by atoms with Gasteiger partial charge in [-0.05, 0) is 0 Å². The Bertz CT molecular complexity index is 108. The Morgan fingerprint density at radius 2 is 1.09 bits per heavy atom. The second-order valence-corrected chi connectivity index (χ2v) is 14.2. The quantitative estimate of drug-likeness (QED) is 0.642. The third-order valence-corrected chi connectivity index (χ3v) is 9.11. The Balaban J connectivity index is 4.35. The normalized spacial score (nSPS) is 13.6. The summed E-state index contributed by atoms with van der Waals surface area (Å²) < 4.78 is 5.38. The monoisotopic (exact) mass is 220 g/mol. The molecule has 0 N–H and O–H groups in total. The van der Waals surface area contributed by atoms with Gasteiger partial charge < -0.3 is 0 Å². The summed E-state index contributed by atoms with van der Waals surface area (Å²) in [5.41, 5.74) is 0. The first kappa shape index (κ1) is 11.5. The van der Waals surface area contributed by atoms with Crippen LogP contribution in [0.5, 0.6) is 0 Å². The molecule has 0 bridgehead atoms. The summed E-state index contributed by atoms with van der Waals surface area (Å²) in [4.78, 5) is 0. The van der Waals surface area contributed by atoms with Crippen LogP contribution in [-0.4, -0.2) is 50.7 Å². The van der Waals surface area contributed by atoms with E-state index in [1.807, 2.05) is 0 Å². The summed E-state index contributed by atoms with van der Waals surface area (Å²) in [6, 6.07) is 0. The molecule has 0 unspecified atom stereocenters. The van der Waals surface area contributed by atoms with Gasteiger partial charge in [0.05, 0.1) is 0 Å². The maximum absolute atomic E-state index is 2.44. The zero-order valence-corrected chi connectivity index (χ0v) is 11.4. The van der Waals surface area contributed by atoms with E-state index in [2.05, 4.69) is 56.7 Å². The van der Waals surface area contributed by atoms with Crippen molar-refractivity contribution in [3.05, 3.63) is 0 Å². The minimum atomic E-state index is -1.39. The first-order valence-corrected chi connectivity index (χ1v) is 7.47. The Labute approximate surface area is 76.1 Å². The van der Waals surface area contributed by atoms with Gasteiger partial charge in [-0.3, -0.25) is 0 Å². The molecule has 68 valence electrons. The van der Waals surface area contributed by atoms with Crippen LogP contribution < -0.4 is 0 Å². The number of hydrogen-bond donors (Lipinski definition) is 0. The van der Waals surface area contributed by atoms with E-state index in [1.54, 1.807) is 0 Å². The Kier molecular flexibility index (Phi) is 4.08. The van der Waals surface area contributed by atoms with Gasteiger partial charge in [-0.1, -0.05) is 0 Å². The number of nitrogens with zero attached hydrogens (tertiary/aromatic N) is 2. The van der Waals surface area contributed by atoms with Crippen molar-refractivity contribution in [2.24, 2.45) is 0 Å². The molecule has 0 radical (unpaired) electrons. The molecular weight excluding hydrogens is 197 g/mol. The minimum absolute atomic E-state index is 0.500. The van der Waals surface area contributed by atoms with Gasteiger partial charge in [0, 0.05) is 0 Å². The van der Waals surface area contributed by atoms with Crippen LogP contribution in [0, 0.1) is 0 Å². The van der Waals surface area contributed by atoms with Crippen molar-refractivity contribution in [1.82, 2.24) is 7.71 Å². The molecule has 0 saturated carbocycles. The topological polar surface area (TPSA) is 6.48 Å².